The zero-order chi connectivity index (χ0) is 16.8. The predicted octanol–water partition coefficient (Wildman–Crippen LogP) is 2.54. The summed E-state index contributed by atoms with van der Waals surface area (Å²) in [6, 6.07) is 12.7. The molecule has 0 saturated heterocycles. The van der Waals surface area contributed by atoms with Gasteiger partial charge in [0.15, 0.2) is 12.1 Å². The van der Waals surface area contributed by atoms with Crippen LogP contribution < -0.4 is 11.1 Å². The molecule has 0 radical (unpaired) electrons. The Balaban J connectivity index is 1.94. The SMILES string of the molecule is Cc1ccc([C@H]2N=C(N)Nc3nc4ccccc4n32)cc1[N+](=O)[O-]. The number of nitro groups is 1. The van der Waals surface area contributed by atoms with Crippen molar-refractivity contribution in [2.45, 2.75) is 13.1 Å². The molecule has 0 unspecified atom stereocenters. The number of hydrogen-bond acceptors (Lipinski definition) is 6. The average molecular weight is 322 g/mol. The van der Waals surface area contributed by atoms with E-state index >= 15 is 0 Å². The zero-order valence-corrected chi connectivity index (χ0v) is 12.8. The van der Waals surface area contributed by atoms with E-state index in [0.29, 0.717) is 17.1 Å². The molecule has 1 aliphatic rings. The number of aromatic nitrogens is 2. The van der Waals surface area contributed by atoms with Crippen LogP contribution in [0.15, 0.2) is 47.5 Å². The summed E-state index contributed by atoms with van der Waals surface area (Å²) in [6.07, 6.45) is -0.507. The van der Waals surface area contributed by atoms with Crippen molar-refractivity contribution in [3.8, 4) is 0 Å². The molecule has 0 fully saturated rings. The Morgan fingerprint density at radius 1 is 1.29 bits per heavy atom. The number of aliphatic imine (C=N–C) groups is 1. The molecule has 2 aromatic carbocycles. The topological polar surface area (TPSA) is 111 Å². The second kappa shape index (κ2) is 5.05. The maximum absolute atomic E-state index is 11.2. The molecule has 0 amide bonds. The lowest BCUT2D eigenvalue weighted by molar-refractivity contribution is -0.385. The van der Waals surface area contributed by atoms with E-state index in [-0.39, 0.29) is 16.6 Å². The van der Waals surface area contributed by atoms with Crippen molar-refractivity contribution < 1.29 is 4.92 Å². The van der Waals surface area contributed by atoms with E-state index < -0.39 is 6.17 Å². The van der Waals surface area contributed by atoms with Gasteiger partial charge in [-0.25, -0.2) is 9.98 Å². The lowest BCUT2D eigenvalue weighted by Crippen LogP contribution is -2.31. The van der Waals surface area contributed by atoms with Gasteiger partial charge >= 0.3 is 0 Å². The van der Waals surface area contributed by atoms with E-state index in [0.717, 1.165) is 11.0 Å². The summed E-state index contributed by atoms with van der Waals surface area (Å²) in [5.74, 6) is 0.794. The first-order valence-corrected chi connectivity index (χ1v) is 7.37. The molecule has 1 aliphatic heterocycles. The summed E-state index contributed by atoms with van der Waals surface area (Å²) >= 11 is 0. The summed E-state index contributed by atoms with van der Waals surface area (Å²) in [7, 11) is 0. The van der Waals surface area contributed by atoms with Crippen LogP contribution in [0.5, 0.6) is 0 Å². The predicted molar refractivity (Wildman–Crippen MR) is 91.0 cm³/mol. The number of nitrogens with one attached hydrogen (secondary N) is 1. The second-order valence-corrected chi connectivity index (χ2v) is 5.61. The minimum Gasteiger partial charge on any atom is -0.370 e. The minimum atomic E-state index is -0.507. The van der Waals surface area contributed by atoms with Crippen LogP contribution in [-0.4, -0.2) is 20.4 Å². The minimum absolute atomic E-state index is 0.0609. The highest BCUT2D eigenvalue weighted by Gasteiger charge is 2.26. The number of hydrogen-bond donors (Lipinski definition) is 2. The fourth-order valence-electron chi connectivity index (χ4n) is 2.92. The lowest BCUT2D eigenvalue weighted by Gasteiger charge is -2.23. The van der Waals surface area contributed by atoms with E-state index in [4.69, 9.17) is 5.73 Å². The van der Waals surface area contributed by atoms with E-state index in [1.54, 1.807) is 19.1 Å². The molecule has 0 saturated carbocycles. The first-order chi connectivity index (χ1) is 11.5. The second-order valence-electron chi connectivity index (χ2n) is 5.61. The molecule has 1 aromatic heterocycles. The van der Waals surface area contributed by atoms with E-state index in [1.807, 2.05) is 34.9 Å². The van der Waals surface area contributed by atoms with E-state index in [1.165, 1.54) is 0 Å². The first kappa shape index (κ1) is 14.2. The van der Waals surface area contributed by atoms with Gasteiger partial charge in [-0.2, -0.15) is 0 Å². The smallest absolute Gasteiger partial charge is 0.272 e. The quantitative estimate of drug-likeness (QED) is 0.556. The molecule has 2 heterocycles. The number of nitrogens with zero attached hydrogens (tertiary/aromatic N) is 4. The Morgan fingerprint density at radius 2 is 2.08 bits per heavy atom. The van der Waals surface area contributed by atoms with Gasteiger partial charge in [-0.15, -0.1) is 0 Å². The van der Waals surface area contributed by atoms with Gasteiger partial charge in [-0.1, -0.05) is 24.3 Å². The molecular weight excluding hydrogens is 308 g/mol. The largest absolute Gasteiger partial charge is 0.370 e. The Hall–Kier alpha value is -3.42. The summed E-state index contributed by atoms with van der Waals surface area (Å²) < 4.78 is 1.89. The molecule has 3 N–H and O–H groups in total. The number of fused-ring (bicyclic) bond motifs is 3. The molecule has 24 heavy (non-hydrogen) atoms. The van der Waals surface area contributed by atoms with Gasteiger partial charge in [0.1, 0.15) is 0 Å². The Kier molecular flexibility index (Phi) is 2.99. The third-order valence-electron chi connectivity index (χ3n) is 4.07. The highest BCUT2D eigenvalue weighted by molar-refractivity contribution is 5.94. The van der Waals surface area contributed by atoms with Crippen LogP contribution in [0.4, 0.5) is 11.6 Å². The van der Waals surface area contributed by atoms with Gasteiger partial charge in [0, 0.05) is 17.2 Å². The molecule has 0 spiro atoms. The maximum Gasteiger partial charge on any atom is 0.272 e. The van der Waals surface area contributed by atoms with Crippen LogP contribution in [0.2, 0.25) is 0 Å². The molecule has 4 rings (SSSR count). The Bertz CT molecular complexity index is 1010. The first-order valence-electron chi connectivity index (χ1n) is 7.37. The van der Waals surface area contributed by atoms with E-state index in [9.17, 15) is 10.1 Å². The van der Waals surface area contributed by atoms with Crippen molar-refractivity contribution in [1.29, 1.82) is 0 Å². The Labute approximate surface area is 136 Å². The molecular formula is C16H14N6O2. The number of aryl methyl sites for hydroxylation is 1. The Morgan fingerprint density at radius 3 is 2.88 bits per heavy atom. The number of rotatable bonds is 2. The fourth-order valence-corrected chi connectivity index (χ4v) is 2.92. The maximum atomic E-state index is 11.2. The van der Waals surface area contributed by atoms with Crippen LogP contribution in [0.25, 0.3) is 11.0 Å². The molecule has 0 bridgehead atoms. The molecule has 8 heteroatoms. The van der Waals surface area contributed by atoms with Crippen molar-refractivity contribution in [2.75, 3.05) is 5.32 Å². The number of nitro benzene ring substituents is 1. The van der Waals surface area contributed by atoms with Crippen LogP contribution in [0, 0.1) is 17.0 Å². The number of benzene rings is 2. The summed E-state index contributed by atoms with van der Waals surface area (Å²) in [5, 5.41) is 14.2. The number of anilines is 1. The van der Waals surface area contributed by atoms with E-state index in [2.05, 4.69) is 15.3 Å². The van der Waals surface area contributed by atoms with Crippen LogP contribution >= 0.6 is 0 Å². The number of imidazole rings is 1. The van der Waals surface area contributed by atoms with Gasteiger partial charge in [0.2, 0.25) is 5.95 Å². The fraction of sp³-hybridized carbons (Fsp3) is 0.125. The zero-order valence-electron chi connectivity index (χ0n) is 12.8. The van der Waals surface area contributed by atoms with Gasteiger partial charge in [0.25, 0.3) is 5.69 Å². The summed E-state index contributed by atoms with van der Waals surface area (Å²) in [5.41, 5.74) is 8.90. The third-order valence-corrected chi connectivity index (χ3v) is 4.07. The van der Waals surface area contributed by atoms with Gasteiger partial charge < -0.3 is 5.73 Å². The van der Waals surface area contributed by atoms with Crippen molar-refractivity contribution in [3.63, 3.8) is 0 Å². The summed E-state index contributed by atoms with van der Waals surface area (Å²) in [4.78, 5) is 19.8. The van der Waals surface area contributed by atoms with Crippen LogP contribution in [0.3, 0.4) is 0 Å². The standard InChI is InChI=1S/C16H14N6O2/c1-9-6-7-10(8-13(9)22(23)24)14-19-15(17)20-16-18-11-4-2-3-5-12(11)21(14)16/h2-8,14H,1H3,(H3,17,18,19,20)/t14-/m0/s1. The molecule has 8 nitrogen and oxygen atoms in total. The average Bonchev–Trinajstić information content (AvgIpc) is 2.92. The molecule has 1 atom stereocenters. The monoisotopic (exact) mass is 322 g/mol. The number of para-hydroxylation sites is 2. The van der Waals surface area contributed by atoms with Crippen molar-refractivity contribution in [2.24, 2.45) is 10.7 Å². The van der Waals surface area contributed by atoms with Gasteiger partial charge in [0.05, 0.1) is 16.0 Å². The highest BCUT2D eigenvalue weighted by Crippen LogP contribution is 2.34. The van der Waals surface area contributed by atoms with Gasteiger partial charge in [-0.05, 0) is 19.1 Å². The summed E-state index contributed by atoms with van der Waals surface area (Å²) in [6.45, 7) is 1.71. The van der Waals surface area contributed by atoms with Crippen molar-refractivity contribution >= 4 is 28.6 Å². The number of guanidine groups is 1. The van der Waals surface area contributed by atoms with Crippen LogP contribution in [0.1, 0.15) is 17.3 Å². The third kappa shape index (κ3) is 2.08. The lowest BCUT2D eigenvalue weighted by atomic mass is 10.1. The molecule has 3 aromatic rings. The van der Waals surface area contributed by atoms with Crippen molar-refractivity contribution in [1.82, 2.24) is 9.55 Å². The number of nitrogens with two attached hydrogens (primary N) is 1. The van der Waals surface area contributed by atoms with Gasteiger partial charge in [-0.3, -0.25) is 20.0 Å². The molecule has 0 aliphatic carbocycles. The van der Waals surface area contributed by atoms with Crippen molar-refractivity contribution in [3.05, 3.63) is 63.7 Å². The molecule has 120 valence electrons. The normalized spacial score (nSPS) is 16.4. The van der Waals surface area contributed by atoms with Crippen LogP contribution in [-0.2, 0) is 0 Å². The highest BCUT2D eigenvalue weighted by atomic mass is 16.6.